The van der Waals surface area contributed by atoms with Gasteiger partial charge in [0.05, 0.1) is 31.0 Å². The minimum Gasteiger partial charge on any atom is -0.480 e. The first-order chi connectivity index (χ1) is 15.3. The number of likely N-dealkylation sites (tertiary alicyclic amines) is 1. The Hall–Kier alpha value is -4.47. The normalized spacial score (nSPS) is 17.8. The number of pyridine rings is 1. The number of hydrogen-bond donors (Lipinski definition) is 3. The van der Waals surface area contributed by atoms with Gasteiger partial charge in [0.25, 0.3) is 5.91 Å². The lowest BCUT2D eigenvalue weighted by Gasteiger charge is -2.16. The number of rotatable bonds is 4. The van der Waals surface area contributed by atoms with Crippen molar-refractivity contribution in [3.05, 3.63) is 35.8 Å². The van der Waals surface area contributed by atoms with Gasteiger partial charge in [-0.25, -0.2) is 23.7 Å². The number of ether oxygens (including phenoxy) is 1. The predicted octanol–water partition coefficient (Wildman–Crippen LogP) is 0.684. The van der Waals surface area contributed by atoms with Crippen molar-refractivity contribution >= 4 is 23.3 Å². The molecule has 0 saturated carbocycles. The monoisotopic (exact) mass is 440 g/mol. The molecular formula is C19H17FN8O4. The molecule has 3 aromatic heterocycles. The molecule has 164 valence electrons. The summed E-state index contributed by atoms with van der Waals surface area (Å²) in [4.78, 5) is 32.9. The molecule has 0 bridgehead atoms. The lowest BCUT2D eigenvalue weighted by Crippen LogP contribution is -2.41. The van der Waals surface area contributed by atoms with Crippen molar-refractivity contribution in [2.24, 2.45) is 0 Å². The highest BCUT2D eigenvalue weighted by Crippen LogP contribution is 2.30. The van der Waals surface area contributed by atoms with E-state index in [9.17, 15) is 19.2 Å². The van der Waals surface area contributed by atoms with Crippen molar-refractivity contribution in [1.82, 2.24) is 29.8 Å². The second-order valence-corrected chi connectivity index (χ2v) is 7.03. The summed E-state index contributed by atoms with van der Waals surface area (Å²) in [6.07, 6.45) is -0.198. The molecule has 0 spiro atoms. The zero-order valence-corrected chi connectivity index (χ0v) is 16.7. The van der Waals surface area contributed by atoms with E-state index in [1.807, 2.05) is 0 Å². The van der Waals surface area contributed by atoms with Gasteiger partial charge in [-0.1, -0.05) is 0 Å². The van der Waals surface area contributed by atoms with Crippen LogP contribution >= 0.6 is 0 Å². The van der Waals surface area contributed by atoms with Gasteiger partial charge in [0.2, 0.25) is 5.88 Å². The van der Waals surface area contributed by atoms with Crippen LogP contribution in [0.5, 0.6) is 5.88 Å². The summed E-state index contributed by atoms with van der Waals surface area (Å²) in [7, 11) is 1.32. The Bertz CT molecular complexity index is 1270. The summed E-state index contributed by atoms with van der Waals surface area (Å²) in [5, 5.41) is 25.2. The van der Waals surface area contributed by atoms with E-state index >= 15 is 0 Å². The number of nitrogens with two attached hydrogens (primary N) is 1. The second-order valence-electron chi connectivity index (χ2n) is 7.03. The summed E-state index contributed by atoms with van der Waals surface area (Å²) >= 11 is 0. The van der Waals surface area contributed by atoms with E-state index < -0.39 is 24.2 Å². The Balaban J connectivity index is 1.73. The van der Waals surface area contributed by atoms with Gasteiger partial charge < -0.3 is 25.8 Å². The number of nitrogen functional groups attached to an aromatic ring is 1. The number of nitrogens with one attached hydrogen (secondary N) is 1. The third kappa shape index (κ3) is 3.47. The van der Waals surface area contributed by atoms with Crippen molar-refractivity contribution in [1.29, 1.82) is 5.26 Å². The van der Waals surface area contributed by atoms with E-state index in [2.05, 4.69) is 26.5 Å². The number of halogens is 1. The number of amides is 2. The lowest BCUT2D eigenvalue weighted by atomic mass is 10.1. The first-order valence-corrected chi connectivity index (χ1v) is 9.33. The molecule has 12 nitrogen and oxygen atoms in total. The quantitative estimate of drug-likeness (QED) is 0.527. The molecule has 1 saturated heterocycles. The van der Waals surface area contributed by atoms with Crippen molar-refractivity contribution < 1.29 is 23.8 Å². The number of alkyl halides is 1. The van der Waals surface area contributed by atoms with Gasteiger partial charge in [-0.05, 0) is 12.1 Å². The average Bonchev–Trinajstić information content (AvgIpc) is 3.34. The van der Waals surface area contributed by atoms with E-state index in [4.69, 9.17) is 15.6 Å². The van der Waals surface area contributed by atoms with Crippen molar-refractivity contribution in [3.63, 3.8) is 0 Å². The minimum absolute atomic E-state index is 0.0214. The summed E-state index contributed by atoms with van der Waals surface area (Å²) in [6.45, 7) is -0.520. The van der Waals surface area contributed by atoms with Crippen LogP contribution in [0.1, 0.15) is 15.9 Å². The molecule has 0 radical (unpaired) electrons. The predicted molar refractivity (Wildman–Crippen MR) is 108 cm³/mol. The fourth-order valence-corrected chi connectivity index (χ4v) is 3.58. The molecular weight excluding hydrogens is 423 g/mol. The van der Waals surface area contributed by atoms with Crippen molar-refractivity contribution in [3.8, 4) is 23.2 Å². The smallest absolute Gasteiger partial charge is 0.407 e. The number of carbonyl (C=O) groups excluding carboxylic acids is 1. The van der Waals surface area contributed by atoms with E-state index in [0.29, 0.717) is 16.8 Å². The molecule has 13 heteroatoms. The number of anilines is 1. The number of carbonyl (C=O) groups is 2. The highest BCUT2D eigenvalue weighted by molar-refractivity contribution is 5.98. The molecule has 1 fully saturated rings. The third-order valence-corrected chi connectivity index (χ3v) is 5.12. The van der Waals surface area contributed by atoms with E-state index in [1.165, 1.54) is 36.3 Å². The second kappa shape index (κ2) is 7.99. The largest absolute Gasteiger partial charge is 0.480 e. The van der Waals surface area contributed by atoms with E-state index in [1.54, 1.807) is 0 Å². The van der Waals surface area contributed by atoms with Gasteiger partial charge in [-0.15, -0.1) is 0 Å². The Kier molecular flexibility index (Phi) is 5.19. The van der Waals surface area contributed by atoms with Crippen LogP contribution in [0, 0.1) is 11.3 Å². The summed E-state index contributed by atoms with van der Waals surface area (Å²) in [5.74, 6) is -0.562. The number of nitrogens with zero attached hydrogens (tertiary/aromatic N) is 6. The molecule has 32 heavy (non-hydrogen) atoms. The highest BCUT2D eigenvalue weighted by Gasteiger charge is 2.37. The zero-order valence-electron chi connectivity index (χ0n) is 16.7. The molecule has 0 aliphatic carbocycles. The number of hydrogen-bond acceptors (Lipinski definition) is 8. The van der Waals surface area contributed by atoms with Gasteiger partial charge in [0.1, 0.15) is 29.6 Å². The molecule has 4 rings (SSSR count). The van der Waals surface area contributed by atoms with Crippen LogP contribution in [-0.2, 0) is 0 Å². The molecule has 0 unspecified atom stereocenters. The molecule has 2 amide bonds. The number of nitriles is 1. The SMILES string of the molecule is COc1ncc(-c2c(C#N)cc3c(N)ncnn23)cc1C(=O)N[C@@H]1CN(C(=O)O)C[C@@H]1F. The average molecular weight is 440 g/mol. The van der Waals surface area contributed by atoms with Gasteiger partial charge in [-0.2, -0.15) is 10.4 Å². The van der Waals surface area contributed by atoms with Crippen LogP contribution in [-0.4, -0.2) is 74.0 Å². The van der Waals surface area contributed by atoms with Crippen LogP contribution in [0.4, 0.5) is 15.0 Å². The van der Waals surface area contributed by atoms with Crippen LogP contribution in [0.2, 0.25) is 0 Å². The Labute approximate surface area is 180 Å². The first-order valence-electron chi connectivity index (χ1n) is 9.33. The highest BCUT2D eigenvalue weighted by atomic mass is 19.1. The molecule has 2 atom stereocenters. The standard InChI is InChI=1S/C19H17FN8O4/c1-32-18-11(17(29)26-13-7-27(19(30)31)6-12(13)20)2-10(5-23-18)15-9(4-21)3-14-16(22)24-8-25-28(14)15/h2-3,5,8,12-13H,6-7H2,1H3,(H,26,29)(H,30,31)(H2,22,24,25)/t12-,13+/m0/s1. The fraction of sp³-hybridized carbons (Fsp3) is 0.263. The van der Waals surface area contributed by atoms with E-state index in [-0.39, 0.29) is 35.9 Å². The lowest BCUT2D eigenvalue weighted by molar-refractivity contribution is 0.0918. The van der Waals surface area contributed by atoms with Gasteiger partial charge in [0, 0.05) is 18.3 Å². The fourth-order valence-electron chi connectivity index (χ4n) is 3.58. The van der Waals surface area contributed by atoms with Crippen LogP contribution in [0.3, 0.4) is 0 Å². The number of carboxylic acid groups (broad SMARTS) is 1. The van der Waals surface area contributed by atoms with Gasteiger partial charge in [0.15, 0.2) is 5.82 Å². The van der Waals surface area contributed by atoms with Crippen molar-refractivity contribution in [2.75, 3.05) is 25.9 Å². The number of aromatic nitrogens is 4. The van der Waals surface area contributed by atoms with Gasteiger partial charge >= 0.3 is 6.09 Å². The first kappa shape index (κ1) is 20.8. The maximum absolute atomic E-state index is 14.2. The van der Waals surface area contributed by atoms with E-state index in [0.717, 1.165) is 4.90 Å². The molecule has 0 aromatic carbocycles. The zero-order chi connectivity index (χ0) is 23.0. The topological polar surface area (TPSA) is 172 Å². The summed E-state index contributed by atoms with van der Waals surface area (Å²) in [5.41, 5.74) is 7.18. The summed E-state index contributed by atoms with van der Waals surface area (Å²) in [6, 6.07) is 3.97. The van der Waals surface area contributed by atoms with Crippen molar-refractivity contribution in [2.45, 2.75) is 12.2 Å². The number of methoxy groups -OCH3 is 1. The van der Waals surface area contributed by atoms with Crippen LogP contribution < -0.4 is 15.8 Å². The Morgan fingerprint density at radius 1 is 1.38 bits per heavy atom. The molecule has 4 heterocycles. The van der Waals surface area contributed by atoms with Gasteiger partial charge in [-0.3, -0.25) is 4.79 Å². The minimum atomic E-state index is -1.56. The van der Waals surface area contributed by atoms with Crippen LogP contribution in [0.25, 0.3) is 16.8 Å². The molecule has 1 aliphatic heterocycles. The molecule has 1 aliphatic rings. The Morgan fingerprint density at radius 3 is 2.81 bits per heavy atom. The third-order valence-electron chi connectivity index (χ3n) is 5.12. The molecule has 3 aromatic rings. The maximum atomic E-state index is 14.2. The maximum Gasteiger partial charge on any atom is 0.407 e. The summed E-state index contributed by atoms with van der Waals surface area (Å²) < 4.78 is 20.8. The molecule has 4 N–H and O–H groups in total. The van der Waals surface area contributed by atoms with Crippen LogP contribution in [0.15, 0.2) is 24.7 Å². The Morgan fingerprint density at radius 2 is 2.16 bits per heavy atom. The number of fused-ring (bicyclic) bond motifs is 1.